The molecule has 0 fully saturated rings. The van der Waals surface area contributed by atoms with Crippen LogP contribution < -0.4 is 10.1 Å². The van der Waals surface area contributed by atoms with Crippen molar-refractivity contribution in [2.24, 2.45) is 0 Å². The van der Waals surface area contributed by atoms with Gasteiger partial charge in [0.1, 0.15) is 18.2 Å². The van der Waals surface area contributed by atoms with E-state index in [2.05, 4.69) is 5.32 Å². The van der Waals surface area contributed by atoms with Crippen LogP contribution in [-0.2, 0) is 21.6 Å². The van der Waals surface area contributed by atoms with Gasteiger partial charge in [-0.2, -0.15) is 13.2 Å². The number of cyclic esters (lactones) is 1. The number of esters is 1. The average Bonchev–Trinajstić information content (AvgIpc) is 3.06. The van der Waals surface area contributed by atoms with Crippen molar-refractivity contribution in [1.82, 2.24) is 0 Å². The molecule has 2 aromatic rings. The molecule has 0 aliphatic carbocycles. The van der Waals surface area contributed by atoms with E-state index in [-0.39, 0.29) is 29.2 Å². The van der Waals surface area contributed by atoms with E-state index < -0.39 is 41.3 Å². The molecule has 0 radical (unpaired) electrons. The van der Waals surface area contributed by atoms with Crippen molar-refractivity contribution < 1.29 is 41.7 Å². The van der Waals surface area contributed by atoms with Gasteiger partial charge in [-0.1, -0.05) is 19.9 Å². The molecule has 1 atom stereocenters. The number of rotatable bonds is 6. The van der Waals surface area contributed by atoms with Gasteiger partial charge in [0.2, 0.25) is 5.60 Å². The summed E-state index contributed by atoms with van der Waals surface area (Å²) < 4.78 is 65.3. The summed E-state index contributed by atoms with van der Waals surface area (Å²) in [5, 5.41) is 12.7. The topological polar surface area (TPSA) is 84.9 Å². The highest BCUT2D eigenvalue weighted by Gasteiger charge is 2.61. The van der Waals surface area contributed by atoms with Crippen LogP contribution in [0.4, 0.5) is 23.2 Å². The second-order valence-corrected chi connectivity index (χ2v) is 8.17. The molecule has 0 aromatic heterocycles. The Balaban J connectivity index is 1.93. The first kappa shape index (κ1) is 23.5. The zero-order valence-corrected chi connectivity index (χ0v) is 17.5. The standard InChI is InChI=1S/C22H21F4NO5/c1-20(2,16-7-4-13(23)9-17(16)31-3)11-21(30,22(24,25)26)19(29)27-14-5-6-15-12(8-14)10-32-18(15)28/h4-9,30H,10-11H2,1-3H3,(H,27,29). The molecule has 1 aliphatic heterocycles. The number of aliphatic hydroxyl groups is 1. The largest absolute Gasteiger partial charge is 0.496 e. The summed E-state index contributed by atoms with van der Waals surface area (Å²) in [6.07, 6.45) is -6.39. The second-order valence-electron chi connectivity index (χ2n) is 8.17. The zero-order valence-electron chi connectivity index (χ0n) is 17.5. The van der Waals surface area contributed by atoms with E-state index in [9.17, 15) is 32.3 Å². The van der Waals surface area contributed by atoms with Crippen molar-refractivity contribution >= 4 is 17.6 Å². The molecule has 172 valence electrons. The van der Waals surface area contributed by atoms with Gasteiger partial charge in [-0.3, -0.25) is 4.79 Å². The lowest BCUT2D eigenvalue weighted by atomic mass is 9.74. The molecule has 1 unspecified atom stereocenters. The number of carbonyl (C=O) groups excluding carboxylic acids is 2. The van der Waals surface area contributed by atoms with Gasteiger partial charge in [-0.05, 0) is 29.7 Å². The Kier molecular flexibility index (Phi) is 5.94. The summed E-state index contributed by atoms with van der Waals surface area (Å²) >= 11 is 0. The molecule has 1 amide bonds. The molecule has 2 aromatic carbocycles. The van der Waals surface area contributed by atoms with Crippen LogP contribution >= 0.6 is 0 Å². The second kappa shape index (κ2) is 8.09. The van der Waals surface area contributed by atoms with E-state index in [0.717, 1.165) is 12.1 Å². The maximum Gasteiger partial charge on any atom is 0.426 e. The summed E-state index contributed by atoms with van der Waals surface area (Å²) in [5.74, 6) is -2.92. The molecule has 1 heterocycles. The Bertz CT molecular complexity index is 1070. The van der Waals surface area contributed by atoms with Gasteiger partial charge in [-0.25, -0.2) is 9.18 Å². The van der Waals surface area contributed by atoms with Crippen molar-refractivity contribution in [3.63, 3.8) is 0 Å². The third-order valence-corrected chi connectivity index (χ3v) is 5.38. The average molecular weight is 455 g/mol. The summed E-state index contributed by atoms with van der Waals surface area (Å²) in [5.41, 5.74) is -4.42. The minimum atomic E-state index is -5.32. The van der Waals surface area contributed by atoms with Crippen LogP contribution in [0.15, 0.2) is 36.4 Å². The van der Waals surface area contributed by atoms with E-state index >= 15 is 0 Å². The van der Waals surface area contributed by atoms with Gasteiger partial charge in [0.25, 0.3) is 5.91 Å². The fourth-order valence-corrected chi connectivity index (χ4v) is 3.71. The monoisotopic (exact) mass is 455 g/mol. The van der Waals surface area contributed by atoms with Gasteiger partial charge in [0.15, 0.2) is 0 Å². The SMILES string of the molecule is COc1cc(F)ccc1C(C)(C)CC(O)(C(=O)Nc1ccc2c(c1)COC2=O)C(F)(F)F. The molecule has 0 saturated carbocycles. The Morgan fingerprint density at radius 3 is 2.50 bits per heavy atom. The van der Waals surface area contributed by atoms with Crippen LogP contribution in [0, 0.1) is 5.82 Å². The van der Waals surface area contributed by atoms with Crippen molar-refractivity contribution in [3.8, 4) is 5.75 Å². The highest BCUT2D eigenvalue weighted by atomic mass is 19.4. The van der Waals surface area contributed by atoms with Crippen LogP contribution in [0.5, 0.6) is 5.75 Å². The number of carbonyl (C=O) groups is 2. The van der Waals surface area contributed by atoms with Gasteiger partial charge in [-0.15, -0.1) is 0 Å². The predicted molar refractivity (Wildman–Crippen MR) is 106 cm³/mol. The lowest BCUT2D eigenvalue weighted by Crippen LogP contribution is -2.57. The fraction of sp³-hybridized carbons (Fsp3) is 0.364. The summed E-state index contributed by atoms with van der Waals surface area (Å²) in [7, 11) is 1.24. The number of ether oxygens (including phenoxy) is 2. The molecule has 2 N–H and O–H groups in total. The third kappa shape index (κ3) is 4.27. The molecule has 0 saturated heterocycles. The van der Waals surface area contributed by atoms with E-state index in [1.54, 1.807) is 0 Å². The molecule has 1 aliphatic rings. The first-order valence-corrected chi connectivity index (χ1v) is 9.53. The Labute approximate surface area is 181 Å². The number of fused-ring (bicyclic) bond motifs is 1. The molecule has 10 heteroatoms. The molecular formula is C22H21F4NO5. The van der Waals surface area contributed by atoms with E-state index in [0.29, 0.717) is 5.56 Å². The summed E-state index contributed by atoms with van der Waals surface area (Å²) in [6.45, 7) is 2.69. The maximum absolute atomic E-state index is 14.0. The number of nitrogens with one attached hydrogen (secondary N) is 1. The van der Waals surface area contributed by atoms with Crippen molar-refractivity contribution in [2.75, 3.05) is 12.4 Å². The van der Waals surface area contributed by atoms with Crippen LogP contribution in [0.1, 0.15) is 41.8 Å². The fourth-order valence-electron chi connectivity index (χ4n) is 3.71. The summed E-state index contributed by atoms with van der Waals surface area (Å²) in [4.78, 5) is 24.2. The smallest absolute Gasteiger partial charge is 0.426 e. The number of methoxy groups -OCH3 is 1. The number of alkyl halides is 3. The zero-order chi connectivity index (χ0) is 23.9. The molecule has 32 heavy (non-hydrogen) atoms. The van der Waals surface area contributed by atoms with Crippen LogP contribution in [0.2, 0.25) is 0 Å². The number of benzene rings is 2. The Hall–Kier alpha value is -3.14. The van der Waals surface area contributed by atoms with Crippen LogP contribution in [-0.4, -0.2) is 35.9 Å². The number of amides is 1. The number of hydrogen-bond donors (Lipinski definition) is 2. The lowest BCUT2D eigenvalue weighted by Gasteiger charge is -2.37. The molecule has 0 bridgehead atoms. The maximum atomic E-state index is 14.0. The highest BCUT2D eigenvalue weighted by Crippen LogP contribution is 2.44. The minimum absolute atomic E-state index is 0.0109. The first-order chi connectivity index (χ1) is 14.8. The van der Waals surface area contributed by atoms with Gasteiger partial charge in [0.05, 0.1) is 12.7 Å². The molecule has 0 spiro atoms. The summed E-state index contributed by atoms with van der Waals surface area (Å²) in [6, 6.07) is 7.19. The van der Waals surface area contributed by atoms with Crippen molar-refractivity contribution in [1.29, 1.82) is 0 Å². The molecular weight excluding hydrogens is 434 g/mol. The van der Waals surface area contributed by atoms with Gasteiger partial charge < -0.3 is 19.9 Å². The molecule has 3 rings (SSSR count). The van der Waals surface area contributed by atoms with Crippen LogP contribution in [0.3, 0.4) is 0 Å². The highest BCUT2D eigenvalue weighted by molar-refractivity contribution is 5.99. The first-order valence-electron chi connectivity index (χ1n) is 9.53. The third-order valence-electron chi connectivity index (χ3n) is 5.38. The quantitative estimate of drug-likeness (QED) is 0.506. The minimum Gasteiger partial charge on any atom is -0.496 e. The van der Waals surface area contributed by atoms with Crippen molar-refractivity contribution in [2.45, 2.75) is 44.1 Å². The number of halogens is 4. The van der Waals surface area contributed by atoms with Crippen LogP contribution in [0.25, 0.3) is 0 Å². The molecule has 6 nitrogen and oxygen atoms in total. The predicted octanol–water partition coefficient (Wildman–Crippen LogP) is 4.10. The van der Waals surface area contributed by atoms with E-state index in [1.807, 2.05) is 0 Å². The van der Waals surface area contributed by atoms with E-state index in [4.69, 9.17) is 9.47 Å². The van der Waals surface area contributed by atoms with E-state index in [1.165, 1.54) is 45.2 Å². The normalized spacial score (nSPS) is 15.6. The Morgan fingerprint density at radius 1 is 1.19 bits per heavy atom. The van der Waals surface area contributed by atoms with Crippen molar-refractivity contribution in [3.05, 3.63) is 58.9 Å². The number of hydrogen-bond acceptors (Lipinski definition) is 5. The number of anilines is 1. The van der Waals surface area contributed by atoms with Gasteiger partial charge >= 0.3 is 12.1 Å². The van der Waals surface area contributed by atoms with Gasteiger partial charge in [0, 0.05) is 29.3 Å². The lowest BCUT2D eigenvalue weighted by molar-refractivity contribution is -0.254. The Morgan fingerprint density at radius 2 is 1.88 bits per heavy atom.